The number of aromatic nitrogens is 2. The summed E-state index contributed by atoms with van der Waals surface area (Å²) < 4.78 is 5.45. The molecule has 0 amide bonds. The van der Waals surface area contributed by atoms with Gasteiger partial charge in [-0.15, -0.1) is 10.2 Å². The van der Waals surface area contributed by atoms with Gasteiger partial charge in [0.1, 0.15) is 12.4 Å². The van der Waals surface area contributed by atoms with Gasteiger partial charge >= 0.3 is 0 Å². The zero-order chi connectivity index (χ0) is 11.5. The first kappa shape index (κ1) is 11.4. The molecule has 1 aromatic heterocycles. The van der Waals surface area contributed by atoms with Crippen molar-refractivity contribution in [3.8, 4) is 5.75 Å². The molecule has 0 spiro atoms. The highest BCUT2D eigenvalue weighted by Gasteiger charge is 2.03. The lowest BCUT2D eigenvalue weighted by atomic mass is 10.3. The molecule has 0 unspecified atom stereocenters. The summed E-state index contributed by atoms with van der Waals surface area (Å²) in [6, 6.07) is 4.99. The minimum absolute atomic E-state index is 0.297. The lowest BCUT2D eigenvalue weighted by Gasteiger charge is -2.04. The Hall–Kier alpha value is -1.04. The number of benzene rings is 1. The highest BCUT2D eigenvalue weighted by Crippen LogP contribution is 2.25. The fourth-order valence-electron chi connectivity index (χ4n) is 1.08. The first-order valence-electron chi connectivity index (χ1n) is 4.30. The number of hydrogen-bond acceptors (Lipinski definition) is 5. The Morgan fingerprint density at radius 2 is 1.88 bits per heavy atom. The maximum absolute atomic E-state index is 5.83. The molecular weight excluding hydrogens is 269 g/mol. The molecule has 4 nitrogen and oxygen atoms in total. The fourth-order valence-corrected chi connectivity index (χ4v) is 2.11. The normalized spacial score (nSPS) is 10.4. The molecular formula is C9H7Cl2N3OS. The molecule has 1 aromatic carbocycles. The topological polar surface area (TPSA) is 61.0 Å². The summed E-state index contributed by atoms with van der Waals surface area (Å²) >= 11 is 12.9. The van der Waals surface area contributed by atoms with E-state index in [-0.39, 0.29) is 0 Å². The van der Waals surface area contributed by atoms with Gasteiger partial charge in [-0.1, -0.05) is 34.5 Å². The van der Waals surface area contributed by atoms with Crippen LogP contribution in [0.2, 0.25) is 10.0 Å². The largest absolute Gasteiger partial charge is 0.486 e. The van der Waals surface area contributed by atoms with Gasteiger partial charge in [0.2, 0.25) is 5.13 Å². The Bertz CT molecular complexity index is 483. The average Bonchev–Trinajstić information content (AvgIpc) is 2.60. The van der Waals surface area contributed by atoms with Crippen molar-refractivity contribution in [2.24, 2.45) is 0 Å². The maximum atomic E-state index is 5.83. The van der Waals surface area contributed by atoms with Crippen LogP contribution in [0.15, 0.2) is 18.2 Å². The third-order valence-corrected chi connectivity index (χ3v) is 2.84. The van der Waals surface area contributed by atoms with E-state index in [0.29, 0.717) is 32.5 Å². The van der Waals surface area contributed by atoms with Gasteiger partial charge < -0.3 is 10.5 Å². The molecule has 2 rings (SSSR count). The van der Waals surface area contributed by atoms with E-state index in [2.05, 4.69) is 10.2 Å². The molecule has 1 heterocycles. The zero-order valence-corrected chi connectivity index (χ0v) is 10.3. The van der Waals surface area contributed by atoms with Crippen LogP contribution < -0.4 is 10.5 Å². The van der Waals surface area contributed by atoms with Crippen molar-refractivity contribution in [1.82, 2.24) is 10.2 Å². The van der Waals surface area contributed by atoms with Crippen LogP contribution in [0.1, 0.15) is 5.01 Å². The van der Waals surface area contributed by atoms with Crippen molar-refractivity contribution >= 4 is 39.7 Å². The highest BCUT2D eigenvalue weighted by atomic mass is 35.5. The predicted octanol–water partition coefficient (Wildman–Crippen LogP) is 3.01. The van der Waals surface area contributed by atoms with Gasteiger partial charge in [-0.2, -0.15) is 0 Å². The lowest BCUT2D eigenvalue weighted by Crippen LogP contribution is -1.94. The van der Waals surface area contributed by atoms with Gasteiger partial charge in [0, 0.05) is 10.0 Å². The van der Waals surface area contributed by atoms with E-state index in [9.17, 15) is 0 Å². The molecule has 2 aromatic rings. The number of nitrogen functional groups attached to an aromatic ring is 1. The highest BCUT2D eigenvalue weighted by molar-refractivity contribution is 7.15. The molecule has 0 bridgehead atoms. The first-order valence-corrected chi connectivity index (χ1v) is 5.87. The number of rotatable bonds is 3. The molecule has 7 heteroatoms. The smallest absolute Gasteiger partial charge is 0.203 e. The second-order valence-electron chi connectivity index (χ2n) is 2.93. The van der Waals surface area contributed by atoms with Crippen molar-refractivity contribution in [1.29, 1.82) is 0 Å². The molecule has 0 fully saturated rings. The second-order valence-corrected chi connectivity index (χ2v) is 4.89. The van der Waals surface area contributed by atoms with Gasteiger partial charge in [0.05, 0.1) is 0 Å². The van der Waals surface area contributed by atoms with Crippen molar-refractivity contribution < 1.29 is 4.74 Å². The van der Waals surface area contributed by atoms with Crippen LogP contribution in [0, 0.1) is 0 Å². The molecule has 0 atom stereocenters. The van der Waals surface area contributed by atoms with E-state index in [1.165, 1.54) is 11.3 Å². The molecule has 0 aliphatic heterocycles. The number of anilines is 1. The molecule has 0 saturated carbocycles. The summed E-state index contributed by atoms with van der Waals surface area (Å²) in [5.41, 5.74) is 5.44. The number of nitrogens with two attached hydrogens (primary N) is 1. The van der Waals surface area contributed by atoms with Gasteiger partial charge in [0.25, 0.3) is 0 Å². The quantitative estimate of drug-likeness (QED) is 0.936. The number of ether oxygens (including phenoxy) is 1. The Labute approximate surface area is 106 Å². The minimum Gasteiger partial charge on any atom is -0.486 e. The van der Waals surface area contributed by atoms with E-state index in [1.807, 2.05) is 0 Å². The van der Waals surface area contributed by atoms with Crippen molar-refractivity contribution in [3.63, 3.8) is 0 Å². The fraction of sp³-hybridized carbons (Fsp3) is 0.111. The number of halogens is 2. The van der Waals surface area contributed by atoms with Crippen LogP contribution in [0.4, 0.5) is 5.13 Å². The Morgan fingerprint density at radius 3 is 2.44 bits per heavy atom. The van der Waals surface area contributed by atoms with Crippen molar-refractivity contribution in [2.75, 3.05) is 5.73 Å². The van der Waals surface area contributed by atoms with E-state index in [4.69, 9.17) is 33.7 Å². The van der Waals surface area contributed by atoms with Crippen LogP contribution in [-0.4, -0.2) is 10.2 Å². The van der Waals surface area contributed by atoms with Crippen LogP contribution in [-0.2, 0) is 6.61 Å². The first-order chi connectivity index (χ1) is 7.63. The van der Waals surface area contributed by atoms with Crippen LogP contribution >= 0.6 is 34.5 Å². The molecule has 84 valence electrons. The SMILES string of the molecule is Nc1nnc(COc2cc(Cl)cc(Cl)c2)s1. The summed E-state index contributed by atoms with van der Waals surface area (Å²) in [5.74, 6) is 0.589. The van der Waals surface area contributed by atoms with Gasteiger partial charge in [-0.25, -0.2) is 0 Å². The average molecular weight is 276 g/mol. The van der Waals surface area contributed by atoms with Crippen molar-refractivity contribution in [3.05, 3.63) is 33.3 Å². The van der Waals surface area contributed by atoms with Crippen LogP contribution in [0.3, 0.4) is 0 Å². The number of hydrogen-bond donors (Lipinski definition) is 1. The maximum Gasteiger partial charge on any atom is 0.203 e. The van der Waals surface area contributed by atoms with Crippen molar-refractivity contribution in [2.45, 2.75) is 6.61 Å². The second kappa shape index (κ2) is 4.86. The Morgan fingerprint density at radius 1 is 1.19 bits per heavy atom. The van der Waals surface area contributed by atoms with Gasteiger partial charge in [-0.3, -0.25) is 0 Å². The van der Waals surface area contributed by atoms with E-state index < -0.39 is 0 Å². The summed E-state index contributed by atoms with van der Waals surface area (Å²) in [4.78, 5) is 0. The molecule has 0 aliphatic rings. The van der Waals surface area contributed by atoms with Gasteiger partial charge in [0.15, 0.2) is 5.01 Å². The third kappa shape index (κ3) is 2.98. The van der Waals surface area contributed by atoms with E-state index >= 15 is 0 Å². The zero-order valence-electron chi connectivity index (χ0n) is 7.98. The molecule has 16 heavy (non-hydrogen) atoms. The third-order valence-electron chi connectivity index (χ3n) is 1.68. The number of nitrogens with zero attached hydrogens (tertiary/aromatic N) is 2. The summed E-state index contributed by atoms with van der Waals surface area (Å²) in [5, 5.41) is 9.68. The van der Waals surface area contributed by atoms with E-state index in [1.54, 1.807) is 18.2 Å². The Balaban J connectivity index is 2.04. The lowest BCUT2D eigenvalue weighted by molar-refractivity contribution is 0.304. The molecule has 2 N–H and O–H groups in total. The minimum atomic E-state index is 0.297. The predicted molar refractivity (Wildman–Crippen MR) is 65.1 cm³/mol. The summed E-state index contributed by atoms with van der Waals surface area (Å²) in [7, 11) is 0. The van der Waals surface area contributed by atoms with Crippen LogP contribution in [0.25, 0.3) is 0 Å². The standard InChI is InChI=1S/C9H7Cl2N3OS/c10-5-1-6(11)3-7(2-5)15-4-8-13-14-9(12)16-8/h1-3H,4H2,(H2,12,14). The summed E-state index contributed by atoms with van der Waals surface area (Å²) in [6.07, 6.45) is 0. The monoisotopic (exact) mass is 275 g/mol. The van der Waals surface area contributed by atoms with E-state index in [0.717, 1.165) is 0 Å². The Kier molecular flexibility index (Phi) is 3.48. The summed E-state index contributed by atoms with van der Waals surface area (Å²) in [6.45, 7) is 0.297. The van der Waals surface area contributed by atoms with Gasteiger partial charge in [-0.05, 0) is 18.2 Å². The molecule has 0 saturated heterocycles. The van der Waals surface area contributed by atoms with Crippen LogP contribution in [0.5, 0.6) is 5.75 Å². The molecule has 0 aliphatic carbocycles. The molecule has 0 radical (unpaired) electrons.